The van der Waals surface area contributed by atoms with Crippen molar-refractivity contribution in [1.82, 2.24) is 9.72 Å². The summed E-state index contributed by atoms with van der Waals surface area (Å²) in [4.78, 5) is 12.8. The number of hydrogen-bond acceptors (Lipinski definition) is 4. The highest BCUT2D eigenvalue weighted by molar-refractivity contribution is 6.10. The van der Waals surface area contributed by atoms with Crippen molar-refractivity contribution in [1.29, 1.82) is 5.26 Å². The number of benzene rings is 1. The molecule has 0 saturated heterocycles. The number of anilines is 1. The molecular weight excluding hydrogens is 364 g/mol. The molecule has 1 N–H and O–H groups in total. The van der Waals surface area contributed by atoms with E-state index in [4.69, 9.17) is 4.52 Å². The number of nitriles is 1. The van der Waals surface area contributed by atoms with Crippen molar-refractivity contribution >= 4 is 17.7 Å². The lowest BCUT2D eigenvalue weighted by Gasteiger charge is -2.12. The van der Waals surface area contributed by atoms with Crippen LogP contribution in [-0.2, 0) is 4.79 Å². The molecule has 2 heterocycles. The topological polar surface area (TPSA) is 83.9 Å². The van der Waals surface area contributed by atoms with Gasteiger partial charge in [-0.15, -0.1) is 0 Å². The zero-order chi connectivity index (χ0) is 21.3. The van der Waals surface area contributed by atoms with Gasteiger partial charge in [-0.05, 0) is 70.4 Å². The van der Waals surface area contributed by atoms with E-state index in [1.54, 1.807) is 6.08 Å². The standard InChI is InChI=1S/C23H24N4O2/c1-13-7-14(2)22(15(3)8-13)25-23(28)20(12-24)11-19-9-16(4)27(18(19)6)21-10-17(5)29-26-21/h7-11H,1-6H3,(H,25,28)/b20-11+. The lowest BCUT2D eigenvalue weighted by molar-refractivity contribution is -0.112. The van der Waals surface area contributed by atoms with Crippen molar-refractivity contribution in [3.05, 3.63) is 69.2 Å². The van der Waals surface area contributed by atoms with Gasteiger partial charge in [0.25, 0.3) is 5.91 Å². The van der Waals surface area contributed by atoms with Crippen molar-refractivity contribution in [2.45, 2.75) is 41.5 Å². The molecular formula is C23H24N4O2. The number of amides is 1. The van der Waals surface area contributed by atoms with Gasteiger partial charge >= 0.3 is 0 Å². The molecule has 6 nitrogen and oxygen atoms in total. The Kier molecular flexibility index (Phi) is 5.42. The lowest BCUT2D eigenvalue weighted by Crippen LogP contribution is -2.15. The van der Waals surface area contributed by atoms with Crippen LogP contribution in [0.15, 0.2) is 34.4 Å². The predicted molar refractivity (Wildman–Crippen MR) is 113 cm³/mol. The fourth-order valence-corrected chi connectivity index (χ4v) is 3.61. The minimum Gasteiger partial charge on any atom is -0.360 e. The maximum Gasteiger partial charge on any atom is 0.266 e. The number of aromatic nitrogens is 2. The number of carbonyl (C=O) groups is 1. The van der Waals surface area contributed by atoms with E-state index in [0.29, 0.717) is 11.6 Å². The Morgan fingerprint density at radius 1 is 1.10 bits per heavy atom. The fraction of sp³-hybridized carbons (Fsp3) is 0.261. The van der Waals surface area contributed by atoms with Gasteiger partial charge in [-0.1, -0.05) is 22.9 Å². The molecule has 2 aromatic heterocycles. The van der Waals surface area contributed by atoms with Crippen molar-refractivity contribution in [2.75, 3.05) is 5.32 Å². The van der Waals surface area contributed by atoms with Crippen LogP contribution in [0.5, 0.6) is 0 Å². The molecule has 0 spiro atoms. The van der Waals surface area contributed by atoms with Crippen molar-refractivity contribution in [3.63, 3.8) is 0 Å². The van der Waals surface area contributed by atoms with E-state index in [1.807, 2.05) is 76.4 Å². The van der Waals surface area contributed by atoms with E-state index in [1.165, 1.54) is 0 Å². The van der Waals surface area contributed by atoms with Crippen LogP contribution in [0.3, 0.4) is 0 Å². The first-order valence-electron chi connectivity index (χ1n) is 9.35. The molecule has 6 heteroatoms. The van der Waals surface area contributed by atoms with E-state index in [0.717, 1.165) is 39.3 Å². The van der Waals surface area contributed by atoms with Crippen LogP contribution < -0.4 is 5.32 Å². The van der Waals surface area contributed by atoms with Crippen LogP contribution in [0, 0.1) is 52.9 Å². The summed E-state index contributed by atoms with van der Waals surface area (Å²) in [5, 5.41) is 16.5. The van der Waals surface area contributed by atoms with Crippen molar-refractivity contribution < 1.29 is 9.32 Å². The highest BCUT2D eigenvalue weighted by Gasteiger charge is 2.16. The van der Waals surface area contributed by atoms with Gasteiger partial charge in [0.15, 0.2) is 5.82 Å². The number of rotatable bonds is 4. The molecule has 0 saturated carbocycles. The molecule has 148 valence electrons. The highest BCUT2D eigenvalue weighted by Crippen LogP contribution is 2.25. The monoisotopic (exact) mass is 388 g/mol. The number of carbonyl (C=O) groups excluding carboxylic acids is 1. The molecule has 0 bridgehead atoms. The Labute approximate surface area is 170 Å². The third kappa shape index (κ3) is 3.99. The summed E-state index contributed by atoms with van der Waals surface area (Å²) in [6, 6.07) is 9.80. The minimum absolute atomic E-state index is 0.0426. The Balaban J connectivity index is 1.95. The highest BCUT2D eigenvalue weighted by atomic mass is 16.5. The normalized spacial score (nSPS) is 11.4. The molecule has 3 rings (SSSR count). The molecule has 0 aliphatic carbocycles. The SMILES string of the molecule is Cc1cc(C)c(NC(=O)/C(C#N)=C/c2cc(C)n(-c3cc(C)on3)c2C)c(C)c1. The molecule has 0 radical (unpaired) electrons. The van der Waals surface area contributed by atoms with Crippen LogP contribution in [0.1, 0.15) is 39.4 Å². The summed E-state index contributed by atoms with van der Waals surface area (Å²) in [7, 11) is 0. The van der Waals surface area contributed by atoms with Crippen LogP contribution in [0.4, 0.5) is 5.69 Å². The summed E-state index contributed by atoms with van der Waals surface area (Å²) in [6.45, 7) is 11.6. The number of nitrogens with one attached hydrogen (secondary N) is 1. The van der Waals surface area contributed by atoms with Gasteiger partial charge in [-0.3, -0.25) is 9.36 Å². The zero-order valence-corrected chi connectivity index (χ0v) is 17.5. The van der Waals surface area contributed by atoms with Gasteiger partial charge in [0.05, 0.1) is 0 Å². The van der Waals surface area contributed by atoms with E-state index >= 15 is 0 Å². The Morgan fingerprint density at radius 2 is 1.76 bits per heavy atom. The Hall–Kier alpha value is -3.59. The molecule has 29 heavy (non-hydrogen) atoms. The average molecular weight is 388 g/mol. The van der Waals surface area contributed by atoms with E-state index in [9.17, 15) is 10.1 Å². The maximum absolute atomic E-state index is 12.8. The minimum atomic E-state index is -0.426. The average Bonchev–Trinajstić information content (AvgIpc) is 3.18. The van der Waals surface area contributed by atoms with E-state index in [2.05, 4.69) is 10.5 Å². The van der Waals surface area contributed by atoms with Crippen molar-refractivity contribution in [3.8, 4) is 11.9 Å². The number of aryl methyl sites for hydroxylation is 5. The Morgan fingerprint density at radius 3 is 2.31 bits per heavy atom. The summed E-state index contributed by atoms with van der Waals surface area (Å²) >= 11 is 0. The van der Waals surface area contributed by atoms with Crippen molar-refractivity contribution in [2.24, 2.45) is 0 Å². The number of hydrogen-bond donors (Lipinski definition) is 1. The van der Waals surface area contributed by atoms with Gasteiger partial charge in [0.1, 0.15) is 17.4 Å². The smallest absolute Gasteiger partial charge is 0.266 e. The van der Waals surface area contributed by atoms with Crippen LogP contribution >= 0.6 is 0 Å². The van der Waals surface area contributed by atoms with E-state index in [-0.39, 0.29) is 5.57 Å². The van der Waals surface area contributed by atoms with E-state index < -0.39 is 5.91 Å². The summed E-state index contributed by atoms with van der Waals surface area (Å²) in [5.41, 5.74) is 6.44. The second-order valence-electron chi connectivity index (χ2n) is 7.36. The molecule has 1 amide bonds. The molecule has 3 aromatic rings. The summed E-state index contributed by atoms with van der Waals surface area (Å²) < 4.78 is 7.11. The predicted octanol–water partition coefficient (Wildman–Crippen LogP) is 4.86. The first-order chi connectivity index (χ1) is 13.7. The lowest BCUT2D eigenvalue weighted by atomic mass is 10.0. The van der Waals surface area contributed by atoms with Gasteiger partial charge in [0, 0.05) is 23.1 Å². The first kappa shape index (κ1) is 20.2. The number of nitrogens with zero attached hydrogens (tertiary/aromatic N) is 3. The molecule has 0 aliphatic heterocycles. The summed E-state index contributed by atoms with van der Waals surface area (Å²) in [5.74, 6) is 0.959. The quantitative estimate of drug-likeness (QED) is 0.511. The van der Waals surface area contributed by atoms with Crippen LogP contribution in [-0.4, -0.2) is 15.6 Å². The van der Waals surface area contributed by atoms with Gasteiger partial charge < -0.3 is 9.84 Å². The largest absolute Gasteiger partial charge is 0.360 e. The fourth-order valence-electron chi connectivity index (χ4n) is 3.61. The Bertz CT molecular complexity index is 1150. The third-order valence-corrected chi connectivity index (χ3v) is 4.90. The zero-order valence-electron chi connectivity index (χ0n) is 17.5. The summed E-state index contributed by atoms with van der Waals surface area (Å²) in [6.07, 6.45) is 1.61. The van der Waals surface area contributed by atoms with Gasteiger partial charge in [-0.2, -0.15) is 5.26 Å². The molecule has 0 unspecified atom stereocenters. The maximum atomic E-state index is 12.8. The second kappa shape index (κ2) is 7.80. The molecule has 1 aromatic carbocycles. The molecule has 0 fully saturated rings. The molecule has 0 atom stereocenters. The third-order valence-electron chi connectivity index (χ3n) is 4.90. The van der Waals surface area contributed by atoms with Gasteiger partial charge in [0.2, 0.25) is 0 Å². The second-order valence-corrected chi connectivity index (χ2v) is 7.36. The molecule has 0 aliphatic rings. The van der Waals surface area contributed by atoms with Crippen LogP contribution in [0.25, 0.3) is 11.9 Å². The first-order valence-corrected chi connectivity index (χ1v) is 9.35. The van der Waals surface area contributed by atoms with Gasteiger partial charge in [-0.25, -0.2) is 0 Å². The van der Waals surface area contributed by atoms with Crippen LogP contribution in [0.2, 0.25) is 0 Å².